The number of imidazole rings is 2. The van der Waals surface area contributed by atoms with Crippen LogP contribution in [0.5, 0.6) is 0 Å². The van der Waals surface area contributed by atoms with E-state index >= 15 is 0 Å². The fourth-order valence-electron chi connectivity index (χ4n) is 5.52. The van der Waals surface area contributed by atoms with Gasteiger partial charge in [0.1, 0.15) is 11.6 Å². The van der Waals surface area contributed by atoms with Crippen LogP contribution in [0.15, 0.2) is 73.3 Å². The predicted molar refractivity (Wildman–Crippen MR) is 151 cm³/mol. The average molecular weight is 510 g/mol. The van der Waals surface area contributed by atoms with Gasteiger partial charge in [0.05, 0.1) is 13.1 Å². The van der Waals surface area contributed by atoms with E-state index < -0.39 is 0 Å². The zero-order chi connectivity index (χ0) is 26.2. The van der Waals surface area contributed by atoms with Crippen LogP contribution in [-0.2, 0) is 39.5 Å². The van der Waals surface area contributed by atoms with Crippen molar-refractivity contribution in [1.29, 1.82) is 0 Å². The first-order valence-electron chi connectivity index (χ1n) is 14.0. The number of Topliss-reactive ketones (excluding diaryl/α,β-unsaturated/α-hetero) is 1. The monoisotopic (exact) mass is 509 g/mol. The molecule has 6 nitrogen and oxygen atoms in total. The van der Waals surface area contributed by atoms with Crippen molar-refractivity contribution in [3.05, 3.63) is 107 Å². The minimum atomic E-state index is 0.159. The number of hydrogen-bond acceptors (Lipinski definition) is 4. The molecule has 2 heterocycles. The molecule has 2 aromatic heterocycles. The molecule has 0 aliphatic heterocycles. The number of nitrogens with zero attached hydrogens (tertiary/aromatic N) is 4. The summed E-state index contributed by atoms with van der Waals surface area (Å²) in [5.41, 5.74) is 4.39. The number of aromatic amines is 1. The molecule has 0 radical (unpaired) electrons. The first-order chi connectivity index (χ1) is 18.6. The van der Waals surface area contributed by atoms with Gasteiger partial charge < -0.3 is 9.55 Å². The van der Waals surface area contributed by atoms with Gasteiger partial charge in [-0.15, -0.1) is 0 Å². The van der Waals surface area contributed by atoms with Crippen molar-refractivity contribution in [3.8, 4) is 0 Å². The Morgan fingerprint density at radius 3 is 2.32 bits per heavy atom. The predicted octanol–water partition coefficient (Wildman–Crippen LogP) is 6.28. The second kappa shape index (κ2) is 12.8. The van der Waals surface area contributed by atoms with E-state index in [1.165, 1.54) is 44.1 Å². The van der Waals surface area contributed by atoms with Crippen LogP contribution in [0.1, 0.15) is 77.2 Å². The minimum absolute atomic E-state index is 0.159. The average Bonchev–Trinajstić information content (AvgIpc) is 3.61. The highest BCUT2D eigenvalue weighted by Gasteiger charge is 2.15. The molecule has 0 bridgehead atoms. The summed E-state index contributed by atoms with van der Waals surface area (Å²) in [6, 6.07) is 16.7. The highest BCUT2D eigenvalue weighted by Crippen LogP contribution is 2.27. The summed E-state index contributed by atoms with van der Waals surface area (Å²) in [7, 11) is 2.01. The van der Waals surface area contributed by atoms with E-state index in [0.717, 1.165) is 47.2 Å². The molecule has 1 N–H and O–H groups in total. The van der Waals surface area contributed by atoms with Gasteiger partial charge in [-0.3, -0.25) is 9.69 Å². The highest BCUT2D eigenvalue weighted by molar-refractivity contribution is 5.97. The number of benzene rings is 2. The number of carbonyl (C=O) groups excluding carboxylic acids is 1. The Balaban J connectivity index is 1.15. The van der Waals surface area contributed by atoms with Crippen molar-refractivity contribution in [3.63, 3.8) is 0 Å². The van der Waals surface area contributed by atoms with Crippen LogP contribution < -0.4 is 0 Å². The summed E-state index contributed by atoms with van der Waals surface area (Å²) >= 11 is 0. The van der Waals surface area contributed by atoms with E-state index in [2.05, 4.69) is 56.3 Å². The van der Waals surface area contributed by atoms with Crippen molar-refractivity contribution in [2.75, 3.05) is 0 Å². The number of rotatable bonds is 12. The summed E-state index contributed by atoms with van der Waals surface area (Å²) in [6.07, 6.45) is 17.3. The fraction of sp³-hybridized carbons (Fsp3) is 0.406. The Morgan fingerprint density at radius 1 is 0.895 bits per heavy atom. The van der Waals surface area contributed by atoms with E-state index in [1.807, 2.05) is 42.3 Å². The molecule has 4 aromatic rings. The molecule has 0 atom stereocenters. The molecule has 5 rings (SSSR count). The van der Waals surface area contributed by atoms with Crippen LogP contribution in [0.25, 0.3) is 0 Å². The molecule has 198 valence electrons. The molecule has 0 saturated heterocycles. The molecule has 1 fully saturated rings. The summed E-state index contributed by atoms with van der Waals surface area (Å²) in [6.45, 7) is 2.14. The third kappa shape index (κ3) is 7.29. The number of nitrogens with one attached hydrogen (secondary N) is 1. The molecule has 0 spiro atoms. The number of carbonyl (C=O) groups is 1. The Bertz CT molecular complexity index is 1270. The maximum atomic E-state index is 13.0. The first kappa shape index (κ1) is 26.1. The van der Waals surface area contributed by atoms with Gasteiger partial charge in [-0.2, -0.15) is 0 Å². The molecule has 2 aromatic carbocycles. The van der Waals surface area contributed by atoms with Crippen molar-refractivity contribution < 1.29 is 4.79 Å². The number of aromatic nitrogens is 4. The van der Waals surface area contributed by atoms with E-state index in [-0.39, 0.29) is 5.78 Å². The van der Waals surface area contributed by atoms with Crippen LogP contribution >= 0.6 is 0 Å². The van der Waals surface area contributed by atoms with Crippen LogP contribution in [0, 0.1) is 5.92 Å². The second-order valence-electron chi connectivity index (χ2n) is 10.8. The largest absolute Gasteiger partial charge is 0.348 e. The number of aryl methyl sites for hydroxylation is 2. The SMILES string of the molecule is Cn1ccnc1CN(Cc1ccc(C(=O)Cc2ccc(CCC3CCCCC3)cc2)cc1)Cc1ncc[nH]1. The second-order valence-corrected chi connectivity index (χ2v) is 10.8. The highest BCUT2D eigenvalue weighted by atomic mass is 16.1. The Hall–Kier alpha value is -3.51. The maximum Gasteiger partial charge on any atom is 0.167 e. The Labute approximate surface area is 226 Å². The molecule has 1 aliphatic carbocycles. The standard InChI is InChI=1S/C32H39N5O/c1-36-20-19-35-32(36)24-37(23-31-33-17-18-34-31)22-28-13-15-29(16-14-28)30(38)21-27-11-9-26(10-12-27)8-7-25-5-3-2-4-6-25/h9-20,25H,2-8,21-24H2,1H3,(H,33,34). The van der Waals surface area contributed by atoms with Gasteiger partial charge in [-0.25, -0.2) is 9.97 Å². The summed E-state index contributed by atoms with van der Waals surface area (Å²) in [4.78, 5) is 27.4. The zero-order valence-electron chi connectivity index (χ0n) is 22.5. The van der Waals surface area contributed by atoms with Crippen LogP contribution in [0.3, 0.4) is 0 Å². The molecule has 0 amide bonds. The summed E-state index contributed by atoms with van der Waals surface area (Å²) < 4.78 is 2.04. The molecular formula is C32H39N5O. The van der Waals surface area contributed by atoms with Gasteiger partial charge in [-0.05, 0) is 35.4 Å². The number of ketones is 1. The smallest absolute Gasteiger partial charge is 0.167 e. The molecule has 1 saturated carbocycles. The fourth-order valence-corrected chi connectivity index (χ4v) is 5.52. The normalized spacial score (nSPS) is 14.3. The van der Waals surface area contributed by atoms with Crippen molar-refractivity contribution in [1.82, 2.24) is 24.4 Å². The van der Waals surface area contributed by atoms with Crippen molar-refractivity contribution >= 4 is 5.78 Å². The number of H-pyrrole nitrogens is 1. The van der Waals surface area contributed by atoms with Gasteiger partial charge in [0.2, 0.25) is 0 Å². The number of hydrogen-bond donors (Lipinski definition) is 1. The van der Waals surface area contributed by atoms with Crippen molar-refractivity contribution in [2.24, 2.45) is 13.0 Å². The van der Waals surface area contributed by atoms with Crippen LogP contribution in [-0.4, -0.2) is 30.2 Å². The maximum absolute atomic E-state index is 13.0. The van der Waals surface area contributed by atoms with E-state index in [4.69, 9.17) is 0 Å². The molecule has 0 unspecified atom stereocenters. The van der Waals surface area contributed by atoms with Crippen molar-refractivity contribution in [2.45, 2.75) is 71.0 Å². The lowest BCUT2D eigenvalue weighted by atomic mass is 9.85. The molecule has 38 heavy (non-hydrogen) atoms. The third-order valence-electron chi connectivity index (χ3n) is 7.85. The molecule has 1 aliphatic rings. The Morgan fingerprint density at radius 2 is 1.63 bits per heavy atom. The minimum Gasteiger partial charge on any atom is -0.348 e. The topological polar surface area (TPSA) is 66.8 Å². The van der Waals surface area contributed by atoms with E-state index in [0.29, 0.717) is 19.5 Å². The summed E-state index contributed by atoms with van der Waals surface area (Å²) in [5, 5.41) is 0. The van der Waals surface area contributed by atoms with E-state index in [1.54, 1.807) is 6.20 Å². The van der Waals surface area contributed by atoms with Gasteiger partial charge >= 0.3 is 0 Å². The van der Waals surface area contributed by atoms with Crippen LogP contribution in [0.2, 0.25) is 0 Å². The quantitative estimate of drug-likeness (QED) is 0.228. The van der Waals surface area contributed by atoms with E-state index in [9.17, 15) is 4.79 Å². The lowest BCUT2D eigenvalue weighted by molar-refractivity contribution is 0.0993. The Kier molecular flexibility index (Phi) is 8.82. The molecular weight excluding hydrogens is 470 g/mol. The first-order valence-corrected chi connectivity index (χ1v) is 14.0. The summed E-state index contributed by atoms with van der Waals surface area (Å²) in [5.74, 6) is 2.99. The third-order valence-corrected chi connectivity index (χ3v) is 7.85. The lowest BCUT2D eigenvalue weighted by Crippen LogP contribution is -2.24. The lowest BCUT2D eigenvalue weighted by Gasteiger charge is -2.21. The van der Waals surface area contributed by atoms with Gasteiger partial charge in [-0.1, -0.05) is 80.6 Å². The van der Waals surface area contributed by atoms with Gasteiger partial charge in [0, 0.05) is 50.4 Å². The van der Waals surface area contributed by atoms with Gasteiger partial charge in [0.25, 0.3) is 0 Å². The van der Waals surface area contributed by atoms with Gasteiger partial charge in [0.15, 0.2) is 5.78 Å². The van der Waals surface area contributed by atoms with Crippen LogP contribution in [0.4, 0.5) is 0 Å². The zero-order valence-corrected chi connectivity index (χ0v) is 22.5. The molecule has 6 heteroatoms.